The molecule has 1 amide bonds. The van der Waals surface area contributed by atoms with Gasteiger partial charge in [0.05, 0.1) is 18.8 Å². The second-order valence-electron chi connectivity index (χ2n) is 11.8. The Hall–Kier alpha value is -5.36. The van der Waals surface area contributed by atoms with Crippen LogP contribution in [0.1, 0.15) is 43.0 Å². The number of nitrogens with zero attached hydrogens (tertiary/aromatic N) is 4. The van der Waals surface area contributed by atoms with Gasteiger partial charge in [-0.3, -0.25) is 19.4 Å². The van der Waals surface area contributed by atoms with Crippen molar-refractivity contribution in [1.29, 1.82) is 0 Å². The van der Waals surface area contributed by atoms with Crippen LogP contribution in [-0.2, 0) is 16.0 Å². The number of carbonyl (C=O) groups is 3. The predicted octanol–water partition coefficient (Wildman–Crippen LogP) is -0.925. The minimum atomic E-state index is -1.83. The number of aliphatic hydroxyl groups is 5. The van der Waals surface area contributed by atoms with E-state index in [1.165, 1.54) is 18.2 Å². The van der Waals surface area contributed by atoms with E-state index in [1.807, 2.05) is 0 Å². The molecule has 7 rings (SSSR count). The van der Waals surface area contributed by atoms with Gasteiger partial charge in [0, 0.05) is 34.4 Å². The zero-order valence-corrected chi connectivity index (χ0v) is 26.2. The molecule has 0 saturated carbocycles. The minimum Gasteiger partial charge on any atom is -0.486 e. The molecule has 0 aromatic heterocycles. The van der Waals surface area contributed by atoms with Crippen molar-refractivity contribution in [1.82, 2.24) is 0 Å². The number of hydrogen-bond donors (Lipinski definition) is 6. The molecule has 3 aromatic rings. The van der Waals surface area contributed by atoms with E-state index >= 15 is 0 Å². The summed E-state index contributed by atoms with van der Waals surface area (Å²) in [5.41, 5.74) is 7.37. The number of amides is 1. The lowest BCUT2D eigenvalue weighted by atomic mass is 9.81. The molecule has 7 N–H and O–H groups in total. The van der Waals surface area contributed by atoms with Gasteiger partial charge < -0.3 is 50.4 Å². The van der Waals surface area contributed by atoms with E-state index in [2.05, 4.69) is 15.0 Å². The van der Waals surface area contributed by atoms with Gasteiger partial charge in [0.25, 0.3) is 0 Å². The van der Waals surface area contributed by atoms with E-state index in [4.69, 9.17) is 19.9 Å². The fourth-order valence-corrected chi connectivity index (χ4v) is 6.38. The summed E-state index contributed by atoms with van der Waals surface area (Å²) >= 11 is 0. The molecule has 1 aliphatic carbocycles. The molecule has 0 bridgehead atoms. The van der Waals surface area contributed by atoms with Crippen LogP contribution in [0.25, 0.3) is 0 Å². The van der Waals surface area contributed by atoms with Gasteiger partial charge in [-0.25, -0.2) is 0 Å². The maximum Gasteiger partial charge on any atom is 0.302 e. The largest absolute Gasteiger partial charge is 0.486 e. The minimum absolute atomic E-state index is 0.00620. The Morgan fingerprint density at radius 1 is 0.860 bits per heavy atom. The second kappa shape index (κ2) is 13.2. The van der Waals surface area contributed by atoms with Crippen molar-refractivity contribution >= 4 is 40.7 Å². The number of nitrogens with two attached hydrogens (primary N) is 1. The lowest BCUT2D eigenvalue weighted by Gasteiger charge is -2.40. The monoisotopic (exact) mass is 685 g/mol. The average Bonchev–Trinajstić information content (AvgIpc) is 3.54. The van der Waals surface area contributed by atoms with Gasteiger partial charge in [0.2, 0.25) is 12.2 Å². The number of amidine groups is 1. The highest BCUT2D eigenvalue weighted by atomic mass is 16.7. The summed E-state index contributed by atoms with van der Waals surface area (Å²) in [5, 5.41) is 51.4. The third kappa shape index (κ3) is 5.53. The van der Waals surface area contributed by atoms with Gasteiger partial charge in [-0.2, -0.15) is 9.98 Å². The Morgan fingerprint density at radius 2 is 1.58 bits per heavy atom. The van der Waals surface area contributed by atoms with Crippen LogP contribution in [0.15, 0.2) is 69.6 Å². The standard InChI is InChI=1S/C34H31N5O11/c35-34-37-31-23(32(47)38-34)36-14-39(31)20-8-4-1-5-15(20)11-16-12-19-22(25(43)18-7-3-2-6-17(18)24(19)42)30(48-10-9-40)29(16)50-33-28(46)27(45)26(44)21(13-41)49-33/h1-8,12,21,26-28,33,40-41,44-46H,9-11,13-14H2,(H2,35,38,47)/t21-,26-,27+,28-,33+/m0/s1. The van der Waals surface area contributed by atoms with Crippen LogP contribution in [-0.4, -0.2) is 118 Å². The van der Waals surface area contributed by atoms with E-state index in [-0.39, 0.29) is 76.5 Å². The average molecular weight is 686 g/mol. The zero-order valence-electron chi connectivity index (χ0n) is 26.2. The van der Waals surface area contributed by atoms with E-state index in [1.54, 1.807) is 41.3 Å². The fraction of sp³-hybridized carbons (Fsp3) is 0.294. The summed E-state index contributed by atoms with van der Waals surface area (Å²) in [7, 11) is 0. The third-order valence-electron chi connectivity index (χ3n) is 8.76. The number of ketones is 2. The number of para-hydroxylation sites is 1. The van der Waals surface area contributed by atoms with Crippen LogP contribution in [0.4, 0.5) is 5.69 Å². The van der Waals surface area contributed by atoms with Crippen LogP contribution < -0.4 is 20.1 Å². The predicted molar refractivity (Wildman–Crippen MR) is 175 cm³/mol. The molecule has 5 atom stereocenters. The van der Waals surface area contributed by atoms with E-state index in [0.717, 1.165) is 0 Å². The molecule has 3 aliphatic heterocycles. The lowest BCUT2D eigenvalue weighted by molar-refractivity contribution is -0.277. The summed E-state index contributed by atoms with van der Waals surface area (Å²) in [5.74, 6) is -2.10. The first-order valence-corrected chi connectivity index (χ1v) is 15.6. The molecular formula is C34H31N5O11. The normalized spacial score (nSPS) is 24.2. The molecule has 1 fully saturated rings. The number of rotatable bonds is 9. The lowest BCUT2D eigenvalue weighted by Crippen LogP contribution is -2.60. The highest BCUT2D eigenvalue weighted by molar-refractivity contribution is 6.72. The topological polar surface area (TPSA) is 246 Å². The highest BCUT2D eigenvalue weighted by Gasteiger charge is 2.46. The molecule has 50 heavy (non-hydrogen) atoms. The number of aliphatic imine (C=N–C) groups is 3. The number of benzene rings is 3. The van der Waals surface area contributed by atoms with Crippen LogP contribution in [0.5, 0.6) is 11.5 Å². The molecule has 258 valence electrons. The molecule has 0 spiro atoms. The van der Waals surface area contributed by atoms with E-state index in [9.17, 15) is 39.9 Å². The number of carbonyl (C=O) groups excluding carboxylic acids is 3. The van der Waals surface area contributed by atoms with Crippen molar-refractivity contribution in [2.45, 2.75) is 37.1 Å². The molecule has 3 heterocycles. The first-order chi connectivity index (χ1) is 24.1. The summed E-state index contributed by atoms with van der Waals surface area (Å²) in [6, 6.07) is 14.8. The maximum atomic E-state index is 14.0. The van der Waals surface area contributed by atoms with Crippen LogP contribution in [0, 0.1) is 0 Å². The Labute approximate surface area is 283 Å². The van der Waals surface area contributed by atoms with E-state index < -0.39 is 61.4 Å². The van der Waals surface area contributed by atoms with Crippen LogP contribution in [0.3, 0.4) is 0 Å². The van der Waals surface area contributed by atoms with Gasteiger partial charge in [-0.15, -0.1) is 0 Å². The van der Waals surface area contributed by atoms with Crippen molar-refractivity contribution in [3.63, 3.8) is 0 Å². The number of anilines is 1. The molecule has 4 aliphatic rings. The summed E-state index contributed by atoms with van der Waals surface area (Å²) in [4.78, 5) is 54.3. The van der Waals surface area contributed by atoms with Gasteiger partial charge >= 0.3 is 5.91 Å². The molecule has 0 unspecified atom stereocenters. The Morgan fingerprint density at radius 3 is 2.32 bits per heavy atom. The molecule has 16 heteroatoms. The number of aliphatic hydroxyl groups excluding tert-OH is 5. The number of hydrogen-bond acceptors (Lipinski definition) is 15. The Kier molecular flexibility index (Phi) is 8.73. The van der Waals surface area contributed by atoms with Crippen molar-refractivity contribution in [2.75, 3.05) is 31.4 Å². The number of fused-ring (bicyclic) bond motifs is 3. The molecule has 16 nitrogen and oxygen atoms in total. The van der Waals surface area contributed by atoms with Gasteiger partial charge in [-0.1, -0.05) is 42.5 Å². The quantitative estimate of drug-likeness (QED) is 0.125. The SMILES string of the molecule is NC1=NC(=O)C2=NCN(c3ccccc3Cc3cc4c(c(OCCO)c3O[C@H]3O[C@@H](CO)[C@H](O)[C@@H](O)[C@@H]3O)C(=O)c3ccccc3C4=O)C2=N1. The Bertz CT molecular complexity index is 2010. The first-order valence-electron chi connectivity index (χ1n) is 15.6. The third-order valence-corrected chi connectivity index (χ3v) is 8.76. The van der Waals surface area contributed by atoms with E-state index in [0.29, 0.717) is 11.3 Å². The maximum absolute atomic E-state index is 14.0. The number of guanidine groups is 1. The molecular weight excluding hydrogens is 654 g/mol. The summed E-state index contributed by atoms with van der Waals surface area (Å²) < 4.78 is 17.8. The zero-order chi connectivity index (χ0) is 35.3. The van der Waals surface area contributed by atoms with Gasteiger partial charge in [0.1, 0.15) is 37.7 Å². The summed E-state index contributed by atoms with van der Waals surface area (Å²) in [6.45, 7) is -1.52. The second-order valence-corrected chi connectivity index (χ2v) is 11.8. The fourth-order valence-electron chi connectivity index (χ4n) is 6.38. The van der Waals surface area contributed by atoms with Crippen molar-refractivity contribution < 1.29 is 54.1 Å². The summed E-state index contributed by atoms with van der Waals surface area (Å²) in [6.07, 6.45) is -8.34. The molecule has 3 aromatic carbocycles. The highest BCUT2D eigenvalue weighted by Crippen LogP contribution is 2.45. The molecule has 0 radical (unpaired) electrons. The first kappa shape index (κ1) is 33.2. The van der Waals surface area contributed by atoms with Gasteiger partial charge in [-0.05, 0) is 17.7 Å². The van der Waals surface area contributed by atoms with Gasteiger partial charge in [0.15, 0.2) is 34.6 Å². The van der Waals surface area contributed by atoms with Crippen molar-refractivity contribution in [2.24, 2.45) is 20.7 Å². The smallest absolute Gasteiger partial charge is 0.302 e. The van der Waals surface area contributed by atoms with Crippen LogP contribution >= 0.6 is 0 Å². The van der Waals surface area contributed by atoms with Crippen molar-refractivity contribution in [3.05, 3.63) is 88.0 Å². The van der Waals surface area contributed by atoms with Crippen molar-refractivity contribution in [3.8, 4) is 11.5 Å². The Balaban J connectivity index is 1.39. The number of ether oxygens (including phenoxy) is 3. The molecule has 1 saturated heterocycles. The van der Waals surface area contributed by atoms with Crippen LogP contribution in [0.2, 0.25) is 0 Å².